The number of hydrogen-bond donors (Lipinski definition) is 1. The lowest BCUT2D eigenvalue weighted by Gasteiger charge is -2.14. The zero-order valence-electron chi connectivity index (χ0n) is 9.97. The Kier molecular flexibility index (Phi) is 3.99. The zero-order chi connectivity index (χ0) is 14.1. The minimum absolute atomic E-state index is 0.0902. The Morgan fingerprint density at radius 2 is 1.94 bits per heavy atom. The van der Waals surface area contributed by atoms with Crippen molar-refractivity contribution >= 4 is 15.7 Å². The van der Waals surface area contributed by atoms with Crippen molar-refractivity contribution in [2.75, 3.05) is 14.1 Å². The molecule has 0 bridgehead atoms. The van der Waals surface area contributed by atoms with Gasteiger partial charge in [-0.05, 0) is 18.6 Å². The highest BCUT2D eigenvalue weighted by Gasteiger charge is 2.24. The number of hydrazine groups is 1. The molecule has 0 amide bonds. The van der Waals surface area contributed by atoms with E-state index in [9.17, 15) is 22.9 Å². The topological polar surface area (TPSA) is 92.5 Å². The normalized spacial score (nSPS) is 11.8. The third-order valence-electron chi connectivity index (χ3n) is 2.03. The molecule has 0 unspecified atom stereocenters. The van der Waals surface area contributed by atoms with Crippen LogP contribution in [0.15, 0.2) is 17.0 Å². The lowest BCUT2D eigenvalue weighted by molar-refractivity contribution is -0.387. The fourth-order valence-electron chi connectivity index (χ4n) is 1.36. The van der Waals surface area contributed by atoms with Gasteiger partial charge in [0.1, 0.15) is 0 Å². The quantitative estimate of drug-likeness (QED) is 0.649. The van der Waals surface area contributed by atoms with E-state index in [4.69, 9.17) is 0 Å². The SMILES string of the molecule is Cc1cc(F)c([N+](=O)[O-])cc1S(=O)(=O)NN(C)C. The number of aryl methyl sites for hydroxylation is 1. The van der Waals surface area contributed by atoms with Gasteiger partial charge < -0.3 is 0 Å². The highest BCUT2D eigenvalue weighted by Crippen LogP contribution is 2.25. The molecule has 1 aromatic rings. The van der Waals surface area contributed by atoms with Gasteiger partial charge in [0.15, 0.2) is 0 Å². The number of benzene rings is 1. The predicted molar refractivity (Wildman–Crippen MR) is 61.8 cm³/mol. The molecule has 0 aliphatic carbocycles. The molecule has 100 valence electrons. The number of nitro groups is 1. The molecule has 0 fully saturated rings. The van der Waals surface area contributed by atoms with E-state index in [0.717, 1.165) is 6.07 Å². The minimum atomic E-state index is -3.96. The van der Waals surface area contributed by atoms with Crippen LogP contribution in [0.2, 0.25) is 0 Å². The van der Waals surface area contributed by atoms with Gasteiger partial charge in [-0.25, -0.2) is 13.4 Å². The van der Waals surface area contributed by atoms with Crippen LogP contribution >= 0.6 is 0 Å². The van der Waals surface area contributed by atoms with Crippen LogP contribution in [0.4, 0.5) is 10.1 Å². The van der Waals surface area contributed by atoms with Crippen molar-refractivity contribution in [3.8, 4) is 0 Å². The molecule has 0 aliphatic heterocycles. The van der Waals surface area contributed by atoms with Gasteiger partial charge in [-0.2, -0.15) is 4.39 Å². The van der Waals surface area contributed by atoms with Crippen molar-refractivity contribution in [3.63, 3.8) is 0 Å². The molecule has 0 atom stereocenters. The first-order valence-corrected chi connectivity index (χ1v) is 6.28. The predicted octanol–water partition coefficient (Wildman–Crippen LogP) is 0.797. The monoisotopic (exact) mass is 277 g/mol. The van der Waals surface area contributed by atoms with Gasteiger partial charge >= 0.3 is 5.69 Å². The van der Waals surface area contributed by atoms with Crippen molar-refractivity contribution in [1.29, 1.82) is 0 Å². The largest absolute Gasteiger partial charge is 0.306 e. The van der Waals surface area contributed by atoms with E-state index in [1.807, 2.05) is 0 Å². The van der Waals surface area contributed by atoms with Crippen LogP contribution in [0.3, 0.4) is 0 Å². The van der Waals surface area contributed by atoms with Crippen molar-refractivity contribution < 1.29 is 17.7 Å². The van der Waals surface area contributed by atoms with Crippen LogP contribution in [0.25, 0.3) is 0 Å². The van der Waals surface area contributed by atoms with Crippen LogP contribution in [-0.2, 0) is 10.0 Å². The molecule has 0 saturated carbocycles. The summed E-state index contributed by atoms with van der Waals surface area (Å²) < 4.78 is 37.0. The van der Waals surface area contributed by atoms with Gasteiger partial charge in [0.25, 0.3) is 10.0 Å². The van der Waals surface area contributed by atoms with Crippen LogP contribution in [-0.4, -0.2) is 32.4 Å². The average molecular weight is 277 g/mol. The maximum absolute atomic E-state index is 13.3. The van der Waals surface area contributed by atoms with Crippen molar-refractivity contribution in [2.24, 2.45) is 0 Å². The summed E-state index contributed by atoms with van der Waals surface area (Å²) in [5, 5.41) is 11.7. The Labute approximate surface area is 103 Å². The van der Waals surface area contributed by atoms with E-state index in [1.165, 1.54) is 26.0 Å². The van der Waals surface area contributed by atoms with Crippen molar-refractivity contribution in [3.05, 3.63) is 33.6 Å². The van der Waals surface area contributed by atoms with Gasteiger partial charge in [-0.3, -0.25) is 10.1 Å². The highest BCUT2D eigenvalue weighted by molar-refractivity contribution is 7.89. The zero-order valence-corrected chi connectivity index (χ0v) is 10.8. The second-order valence-corrected chi connectivity index (χ2v) is 5.44. The lowest BCUT2D eigenvalue weighted by atomic mass is 10.2. The van der Waals surface area contributed by atoms with E-state index >= 15 is 0 Å². The van der Waals surface area contributed by atoms with E-state index in [2.05, 4.69) is 4.83 Å². The second kappa shape index (κ2) is 4.96. The summed E-state index contributed by atoms with van der Waals surface area (Å²) >= 11 is 0. The summed E-state index contributed by atoms with van der Waals surface area (Å²) in [6, 6.07) is 1.53. The van der Waals surface area contributed by atoms with Gasteiger partial charge in [0.2, 0.25) is 5.82 Å². The number of rotatable bonds is 4. The molecule has 9 heteroatoms. The molecule has 0 aliphatic rings. The van der Waals surface area contributed by atoms with Gasteiger partial charge in [0, 0.05) is 20.2 Å². The molecule has 0 saturated heterocycles. The number of nitrogens with zero attached hydrogens (tertiary/aromatic N) is 2. The Bertz CT molecular complexity index is 586. The number of hydrogen-bond acceptors (Lipinski definition) is 5. The molecule has 18 heavy (non-hydrogen) atoms. The first-order valence-electron chi connectivity index (χ1n) is 4.79. The summed E-state index contributed by atoms with van der Waals surface area (Å²) in [4.78, 5) is 11.4. The van der Waals surface area contributed by atoms with Crippen LogP contribution < -0.4 is 4.83 Å². The molecule has 0 radical (unpaired) electrons. The van der Waals surface area contributed by atoms with Gasteiger partial charge in [-0.15, -0.1) is 4.83 Å². The van der Waals surface area contributed by atoms with E-state index < -0.39 is 26.5 Å². The third kappa shape index (κ3) is 3.00. The fourth-order valence-corrected chi connectivity index (χ4v) is 2.69. The third-order valence-corrected chi connectivity index (χ3v) is 3.66. The summed E-state index contributed by atoms with van der Waals surface area (Å²) in [6.07, 6.45) is 0. The number of nitro benzene ring substituents is 1. The van der Waals surface area contributed by atoms with E-state index in [-0.39, 0.29) is 10.5 Å². The Balaban J connectivity index is 3.42. The van der Waals surface area contributed by atoms with E-state index in [1.54, 1.807) is 0 Å². The molecule has 0 heterocycles. The molecule has 1 aromatic carbocycles. The molecule has 0 spiro atoms. The summed E-state index contributed by atoms with van der Waals surface area (Å²) in [5.74, 6) is -1.07. The molecular weight excluding hydrogens is 265 g/mol. The van der Waals surface area contributed by atoms with Gasteiger partial charge in [0.05, 0.1) is 9.82 Å². The molecular formula is C9H12FN3O4S. The van der Waals surface area contributed by atoms with Crippen LogP contribution in [0, 0.1) is 22.9 Å². The first-order chi connectivity index (χ1) is 8.15. The average Bonchev–Trinajstić information content (AvgIpc) is 2.13. The van der Waals surface area contributed by atoms with Crippen molar-refractivity contribution in [1.82, 2.24) is 9.84 Å². The molecule has 7 nitrogen and oxygen atoms in total. The maximum Gasteiger partial charge on any atom is 0.306 e. The summed E-state index contributed by atoms with van der Waals surface area (Å²) in [5.41, 5.74) is -0.785. The van der Waals surface area contributed by atoms with Gasteiger partial charge in [-0.1, -0.05) is 0 Å². The highest BCUT2D eigenvalue weighted by atomic mass is 32.2. The molecule has 1 rings (SSSR count). The lowest BCUT2D eigenvalue weighted by Crippen LogP contribution is -2.36. The maximum atomic E-state index is 13.3. The Morgan fingerprint density at radius 3 is 2.39 bits per heavy atom. The number of nitrogens with one attached hydrogen (secondary N) is 1. The summed E-state index contributed by atoms with van der Waals surface area (Å²) in [7, 11) is -1.06. The van der Waals surface area contributed by atoms with Crippen molar-refractivity contribution in [2.45, 2.75) is 11.8 Å². The fraction of sp³-hybridized carbons (Fsp3) is 0.333. The Hall–Kier alpha value is -1.58. The first kappa shape index (κ1) is 14.5. The van der Waals surface area contributed by atoms with Crippen LogP contribution in [0.5, 0.6) is 0 Å². The smallest absolute Gasteiger partial charge is 0.258 e. The summed E-state index contributed by atoms with van der Waals surface area (Å²) in [6.45, 7) is 1.36. The van der Waals surface area contributed by atoms with E-state index in [0.29, 0.717) is 6.07 Å². The Morgan fingerprint density at radius 1 is 1.39 bits per heavy atom. The number of sulfonamides is 1. The minimum Gasteiger partial charge on any atom is -0.258 e. The molecule has 1 N–H and O–H groups in total. The van der Waals surface area contributed by atoms with Crippen LogP contribution in [0.1, 0.15) is 5.56 Å². The standard InChI is InChI=1S/C9H12FN3O4S/c1-6-4-7(10)8(13(14)15)5-9(6)18(16,17)11-12(2)3/h4-5,11H,1-3H3. The second-order valence-electron chi connectivity index (χ2n) is 3.82. The molecule has 0 aromatic heterocycles. The number of halogens is 1.